The second-order valence-corrected chi connectivity index (χ2v) is 11.2. The number of fused-ring (bicyclic) bond motifs is 1. The van der Waals surface area contributed by atoms with Gasteiger partial charge in [-0.25, -0.2) is 0 Å². The molecule has 164 valence electrons. The van der Waals surface area contributed by atoms with Crippen molar-refractivity contribution in [3.8, 4) is 0 Å². The van der Waals surface area contributed by atoms with Gasteiger partial charge >= 0.3 is 0 Å². The van der Waals surface area contributed by atoms with Gasteiger partial charge in [-0.2, -0.15) is 0 Å². The minimum atomic E-state index is -0.535. The lowest BCUT2D eigenvalue weighted by Crippen LogP contribution is -2.36. The van der Waals surface area contributed by atoms with E-state index < -0.39 is 5.60 Å². The zero-order valence-corrected chi connectivity index (χ0v) is 19.3. The van der Waals surface area contributed by atoms with E-state index in [2.05, 4.69) is 32.6 Å². The third-order valence-corrected chi connectivity index (χ3v) is 8.36. The zero-order chi connectivity index (χ0) is 21.2. The summed E-state index contributed by atoms with van der Waals surface area (Å²) in [5.41, 5.74) is 4.02. The Morgan fingerprint density at radius 2 is 1.97 bits per heavy atom. The molecule has 0 bridgehead atoms. The molecule has 29 heavy (non-hydrogen) atoms. The lowest BCUT2D eigenvalue weighted by atomic mass is 9.60. The zero-order valence-electron chi connectivity index (χ0n) is 19.3. The molecule has 2 N–H and O–H groups in total. The summed E-state index contributed by atoms with van der Waals surface area (Å²) in [6.45, 7) is 13.1. The molecule has 0 heterocycles. The van der Waals surface area contributed by atoms with Gasteiger partial charge in [0, 0.05) is 0 Å². The highest BCUT2D eigenvalue weighted by atomic mass is 16.3. The number of hydrogen-bond acceptors (Lipinski definition) is 2. The topological polar surface area (TPSA) is 40.5 Å². The van der Waals surface area contributed by atoms with Gasteiger partial charge in [-0.3, -0.25) is 0 Å². The quantitative estimate of drug-likeness (QED) is 0.518. The van der Waals surface area contributed by atoms with E-state index in [0.29, 0.717) is 5.41 Å². The first-order valence-corrected chi connectivity index (χ1v) is 12.1. The number of hydrogen-bond donors (Lipinski definition) is 2. The standard InChI is InChI=1S/C27H44O2/c1-19-10-13-23(28)18-22(19)12-11-21-9-7-17-27(5)24(14-15-25(21)27)20(2)8-6-16-26(3,4)29/h11-12,20,23-25,28-29H,1,6-10,13-18H2,2-5H3/b21-11+,22-12+/t20-,23+,24-,25?,27?/m1/s1. The van der Waals surface area contributed by atoms with Crippen LogP contribution in [-0.2, 0) is 0 Å². The Morgan fingerprint density at radius 3 is 2.69 bits per heavy atom. The summed E-state index contributed by atoms with van der Waals surface area (Å²) in [5.74, 6) is 2.26. The van der Waals surface area contributed by atoms with Gasteiger partial charge in [0.05, 0.1) is 11.7 Å². The number of aliphatic hydroxyl groups excluding tert-OH is 1. The Labute approximate surface area is 179 Å². The van der Waals surface area contributed by atoms with Crippen molar-refractivity contribution in [3.05, 3.63) is 35.5 Å². The maximum atomic E-state index is 10.0. The van der Waals surface area contributed by atoms with Crippen LogP contribution in [0.1, 0.15) is 98.3 Å². The van der Waals surface area contributed by atoms with Crippen LogP contribution in [0.3, 0.4) is 0 Å². The van der Waals surface area contributed by atoms with Gasteiger partial charge in [-0.1, -0.05) is 56.6 Å². The first-order chi connectivity index (χ1) is 13.6. The maximum Gasteiger partial charge on any atom is 0.0591 e. The predicted molar refractivity (Wildman–Crippen MR) is 123 cm³/mol. The Kier molecular flexibility index (Phi) is 7.16. The summed E-state index contributed by atoms with van der Waals surface area (Å²) in [4.78, 5) is 0. The van der Waals surface area contributed by atoms with Crippen molar-refractivity contribution in [1.82, 2.24) is 0 Å². The molecule has 0 spiro atoms. The van der Waals surface area contributed by atoms with Crippen LogP contribution in [0.15, 0.2) is 35.5 Å². The Balaban J connectivity index is 1.68. The van der Waals surface area contributed by atoms with Gasteiger partial charge < -0.3 is 10.2 Å². The Bertz CT molecular complexity index is 650. The molecule has 0 aromatic rings. The van der Waals surface area contributed by atoms with Crippen LogP contribution in [0.25, 0.3) is 0 Å². The molecule has 2 heteroatoms. The SMILES string of the molecule is C=C1CC[C@H](O)C/C1=C\C=C1/CCCC2(C)C1CC[C@@H]2[C@H](C)CCCC(C)(C)O. The van der Waals surface area contributed by atoms with Crippen molar-refractivity contribution < 1.29 is 10.2 Å². The van der Waals surface area contributed by atoms with Crippen LogP contribution in [0.2, 0.25) is 0 Å². The first-order valence-electron chi connectivity index (χ1n) is 12.1. The lowest BCUT2D eigenvalue weighted by Gasteiger charge is -2.44. The van der Waals surface area contributed by atoms with Gasteiger partial charge in [0.2, 0.25) is 0 Å². The summed E-state index contributed by atoms with van der Waals surface area (Å²) >= 11 is 0. The highest BCUT2D eigenvalue weighted by Gasteiger charge is 2.50. The molecule has 0 aromatic heterocycles. The summed E-state index contributed by atoms with van der Waals surface area (Å²) in [5, 5.41) is 20.1. The molecule has 3 aliphatic rings. The summed E-state index contributed by atoms with van der Waals surface area (Å²) < 4.78 is 0. The third-order valence-electron chi connectivity index (χ3n) is 8.36. The second kappa shape index (κ2) is 9.10. The summed E-state index contributed by atoms with van der Waals surface area (Å²) in [7, 11) is 0. The van der Waals surface area contributed by atoms with Gasteiger partial charge in [0.25, 0.3) is 0 Å². The fourth-order valence-electron chi connectivity index (χ4n) is 6.67. The molecule has 2 nitrogen and oxygen atoms in total. The van der Waals surface area contributed by atoms with Crippen LogP contribution >= 0.6 is 0 Å². The van der Waals surface area contributed by atoms with Crippen molar-refractivity contribution >= 4 is 0 Å². The molecule has 0 aromatic carbocycles. The van der Waals surface area contributed by atoms with Crippen molar-refractivity contribution in [2.45, 2.75) is 110 Å². The van der Waals surface area contributed by atoms with E-state index in [1.54, 1.807) is 5.57 Å². The highest BCUT2D eigenvalue weighted by molar-refractivity contribution is 5.36. The van der Waals surface area contributed by atoms with Crippen molar-refractivity contribution in [2.24, 2.45) is 23.2 Å². The van der Waals surface area contributed by atoms with Gasteiger partial charge in [0.1, 0.15) is 0 Å². The molecule has 0 aliphatic heterocycles. The molecular weight excluding hydrogens is 356 g/mol. The third kappa shape index (κ3) is 5.44. The van der Waals surface area contributed by atoms with Crippen LogP contribution in [0, 0.1) is 23.2 Å². The Morgan fingerprint density at radius 1 is 1.21 bits per heavy atom. The van der Waals surface area contributed by atoms with Crippen LogP contribution in [0.5, 0.6) is 0 Å². The second-order valence-electron chi connectivity index (χ2n) is 11.2. The molecule has 0 saturated heterocycles. The summed E-state index contributed by atoms with van der Waals surface area (Å²) in [6.07, 6.45) is 16.9. The molecule has 0 radical (unpaired) electrons. The first kappa shape index (κ1) is 22.8. The van der Waals surface area contributed by atoms with Crippen molar-refractivity contribution in [3.63, 3.8) is 0 Å². The number of aliphatic hydroxyl groups is 2. The molecule has 3 aliphatic carbocycles. The van der Waals surface area contributed by atoms with E-state index in [1.807, 2.05) is 13.8 Å². The van der Waals surface area contributed by atoms with E-state index in [4.69, 9.17) is 0 Å². The fourth-order valence-corrected chi connectivity index (χ4v) is 6.67. The van der Waals surface area contributed by atoms with Gasteiger partial charge in [0.15, 0.2) is 0 Å². The molecule has 0 amide bonds. The van der Waals surface area contributed by atoms with Gasteiger partial charge in [-0.15, -0.1) is 0 Å². The van der Waals surface area contributed by atoms with E-state index in [1.165, 1.54) is 49.7 Å². The van der Waals surface area contributed by atoms with Crippen LogP contribution in [-0.4, -0.2) is 21.9 Å². The molecular formula is C27H44O2. The largest absolute Gasteiger partial charge is 0.393 e. The fraction of sp³-hybridized carbons (Fsp3) is 0.778. The Hall–Kier alpha value is -0.860. The van der Waals surface area contributed by atoms with Crippen LogP contribution in [0.4, 0.5) is 0 Å². The number of allylic oxidation sites excluding steroid dienone is 4. The average molecular weight is 401 g/mol. The minimum Gasteiger partial charge on any atom is -0.393 e. The van der Waals surface area contributed by atoms with Crippen molar-refractivity contribution in [2.75, 3.05) is 0 Å². The van der Waals surface area contributed by atoms with E-state index >= 15 is 0 Å². The minimum absolute atomic E-state index is 0.192. The molecule has 3 rings (SSSR count). The maximum absolute atomic E-state index is 10.0. The molecule has 5 atom stereocenters. The molecule has 3 fully saturated rings. The highest BCUT2D eigenvalue weighted by Crippen LogP contribution is 2.60. The monoisotopic (exact) mass is 400 g/mol. The average Bonchev–Trinajstić information content (AvgIpc) is 2.99. The smallest absolute Gasteiger partial charge is 0.0591 e. The van der Waals surface area contributed by atoms with E-state index in [-0.39, 0.29) is 6.10 Å². The predicted octanol–water partition coefficient (Wildman–Crippen LogP) is 6.73. The molecule has 2 unspecified atom stereocenters. The summed E-state index contributed by atoms with van der Waals surface area (Å²) in [6, 6.07) is 0. The van der Waals surface area contributed by atoms with E-state index in [0.717, 1.165) is 49.9 Å². The number of rotatable bonds is 6. The van der Waals surface area contributed by atoms with E-state index in [9.17, 15) is 10.2 Å². The lowest BCUT2D eigenvalue weighted by molar-refractivity contribution is 0.0596. The van der Waals surface area contributed by atoms with Crippen molar-refractivity contribution in [1.29, 1.82) is 0 Å². The van der Waals surface area contributed by atoms with Gasteiger partial charge in [-0.05, 0) is 100 Å². The normalized spacial score (nSPS) is 37.2. The van der Waals surface area contributed by atoms with Crippen LogP contribution < -0.4 is 0 Å². The molecule has 3 saturated carbocycles.